The number of rotatable bonds is 9. The number of anilines is 2. The number of aromatic nitrogens is 4. The average molecular weight is 554 g/mol. The Labute approximate surface area is 239 Å². The Bertz CT molecular complexity index is 1610. The molecule has 3 aromatic heterocycles. The number of pyridine rings is 1. The molecule has 0 radical (unpaired) electrons. The summed E-state index contributed by atoms with van der Waals surface area (Å²) in [6, 6.07) is 9.15. The van der Waals surface area contributed by atoms with E-state index in [0.717, 1.165) is 48.2 Å². The Morgan fingerprint density at radius 1 is 1.20 bits per heavy atom. The van der Waals surface area contributed by atoms with Crippen molar-refractivity contribution >= 4 is 29.0 Å². The molecule has 3 N–H and O–H groups in total. The van der Waals surface area contributed by atoms with Gasteiger partial charge in [0.05, 0.1) is 12.6 Å². The number of nitrogens with two attached hydrogens (primary N) is 1. The van der Waals surface area contributed by atoms with Crippen molar-refractivity contribution in [3.8, 4) is 11.3 Å². The fourth-order valence-electron chi connectivity index (χ4n) is 5.40. The lowest BCUT2D eigenvalue weighted by Gasteiger charge is -2.22. The summed E-state index contributed by atoms with van der Waals surface area (Å²) in [5, 5.41) is 2.91. The molecule has 41 heavy (non-hydrogen) atoms. The normalized spacial score (nSPS) is 15.2. The van der Waals surface area contributed by atoms with E-state index in [1.807, 2.05) is 46.7 Å². The second-order valence-corrected chi connectivity index (χ2v) is 10.2. The molecular formula is C31H35N7O3. The number of carbonyl (C=O) groups is 2. The van der Waals surface area contributed by atoms with Gasteiger partial charge in [0.25, 0.3) is 5.91 Å². The highest BCUT2D eigenvalue weighted by Crippen LogP contribution is 2.37. The first-order chi connectivity index (χ1) is 19.9. The lowest BCUT2D eigenvalue weighted by molar-refractivity contribution is -0.127. The number of nitrogen functional groups attached to an aromatic ring is 1. The van der Waals surface area contributed by atoms with Crippen LogP contribution in [0.15, 0.2) is 61.1 Å². The maximum atomic E-state index is 13.1. The number of hydrogen-bond acceptors (Lipinski definition) is 7. The molecule has 1 atom stereocenters. The largest absolute Gasteiger partial charge is 0.382 e. The minimum absolute atomic E-state index is 0.0776. The van der Waals surface area contributed by atoms with Crippen LogP contribution < -0.4 is 11.1 Å². The summed E-state index contributed by atoms with van der Waals surface area (Å²) in [5.41, 5.74) is 11.1. The van der Waals surface area contributed by atoms with Gasteiger partial charge in [-0.15, -0.1) is 0 Å². The Hall–Kier alpha value is -4.57. The van der Waals surface area contributed by atoms with Crippen molar-refractivity contribution in [2.24, 2.45) is 0 Å². The Morgan fingerprint density at radius 2 is 2.05 bits per heavy atom. The average Bonchev–Trinajstić information content (AvgIpc) is 3.59. The van der Waals surface area contributed by atoms with Crippen LogP contribution >= 0.6 is 0 Å². The second-order valence-electron chi connectivity index (χ2n) is 10.2. The number of carbonyl (C=O) groups excluding carboxylic acids is 2. The number of benzene rings is 1. The van der Waals surface area contributed by atoms with Crippen LogP contribution in [0.25, 0.3) is 16.8 Å². The van der Waals surface area contributed by atoms with E-state index in [1.54, 1.807) is 37.7 Å². The molecule has 10 nitrogen and oxygen atoms in total. The molecular weight excluding hydrogens is 518 g/mol. The van der Waals surface area contributed by atoms with Crippen LogP contribution in [0.4, 0.5) is 11.6 Å². The van der Waals surface area contributed by atoms with Crippen molar-refractivity contribution in [2.75, 3.05) is 31.3 Å². The van der Waals surface area contributed by atoms with Gasteiger partial charge in [-0.2, -0.15) is 0 Å². The van der Waals surface area contributed by atoms with E-state index in [0.29, 0.717) is 41.6 Å². The molecule has 1 aromatic carbocycles. The van der Waals surface area contributed by atoms with Gasteiger partial charge < -0.3 is 20.7 Å². The maximum absolute atomic E-state index is 13.1. The van der Waals surface area contributed by atoms with Gasteiger partial charge in [-0.05, 0) is 61.6 Å². The molecule has 1 fully saturated rings. The van der Waals surface area contributed by atoms with E-state index < -0.39 is 0 Å². The van der Waals surface area contributed by atoms with Crippen molar-refractivity contribution in [2.45, 2.75) is 45.6 Å². The number of nitrogens with zero attached hydrogens (tertiary/aromatic N) is 5. The summed E-state index contributed by atoms with van der Waals surface area (Å²) in [5.74, 6) is 1.29. The first-order valence-electron chi connectivity index (χ1n) is 13.9. The second kappa shape index (κ2) is 12.3. The molecule has 212 valence electrons. The zero-order valence-electron chi connectivity index (χ0n) is 23.6. The molecule has 0 spiro atoms. The topological polar surface area (TPSA) is 128 Å². The number of likely N-dealkylation sites (tertiary alicyclic amines) is 1. The fraction of sp³-hybridized carbons (Fsp3) is 0.323. The fourth-order valence-corrected chi connectivity index (χ4v) is 5.40. The van der Waals surface area contributed by atoms with Crippen molar-refractivity contribution in [3.05, 3.63) is 83.6 Å². The number of amides is 2. The smallest absolute Gasteiger partial charge is 0.256 e. The predicted molar refractivity (Wildman–Crippen MR) is 158 cm³/mol. The summed E-state index contributed by atoms with van der Waals surface area (Å²) in [6.07, 6.45) is 12.1. The molecule has 1 saturated heterocycles. The number of hydrogen-bond donors (Lipinski definition) is 2. The molecule has 2 amide bonds. The van der Waals surface area contributed by atoms with Gasteiger partial charge in [-0.3, -0.25) is 14.0 Å². The zero-order chi connectivity index (χ0) is 28.9. The molecule has 1 aliphatic rings. The third-order valence-corrected chi connectivity index (χ3v) is 7.32. The summed E-state index contributed by atoms with van der Waals surface area (Å²) < 4.78 is 6.98. The SMILES string of the molecule is CCCc1ccnc(NC(=O)c2ccc(-c3nc([C@@H]4CCCN4C(=O)/C=C/COC)n4ccnc(N)c34)c(C)c2)c1. The van der Waals surface area contributed by atoms with Crippen LogP contribution in [0.1, 0.15) is 59.5 Å². The van der Waals surface area contributed by atoms with Gasteiger partial charge in [-0.25, -0.2) is 15.0 Å². The number of aryl methyl sites for hydroxylation is 2. The van der Waals surface area contributed by atoms with Gasteiger partial charge in [-0.1, -0.05) is 25.5 Å². The molecule has 10 heteroatoms. The third kappa shape index (κ3) is 5.83. The predicted octanol–water partition coefficient (Wildman–Crippen LogP) is 4.75. The van der Waals surface area contributed by atoms with Crippen LogP contribution in [-0.4, -0.2) is 56.3 Å². The maximum Gasteiger partial charge on any atom is 0.256 e. The van der Waals surface area contributed by atoms with E-state index in [9.17, 15) is 9.59 Å². The number of nitrogens with one attached hydrogen (secondary N) is 1. The van der Waals surface area contributed by atoms with Gasteiger partial charge in [0.15, 0.2) is 0 Å². The van der Waals surface area contributed by atoms with Gasteiger partial charge >= 0.3 is 0 Å². The summed E-state index contributed by atoms with van der Waals surface area (Å²) >= 11 is 0. The number of imidazole rings is 1. The first-order valence-corrected chi connectivity index (χ1v) is 13.9. The Morgan fingerprint density at radius 3 is 2.83 bits per heavy atom. The van der Waals surface area contributed by atoms with Crippen LogP contribution in [-0.2, 0) is 16.0 Å². The van der Waals surface area contributed by atoms with E-state index in [1.165, 1.54) is 0 Å². The van der Waals surface area contributed by atoms with Gasteiger partial charge in [0, 0.05) is 49.4 Å². The first kappa shape index (κ1) is 28.0. The van der Waals surface area contributed by atoms with E-state index in [-0.39, 0.29) is 17.9 Å². The summed E-state index contributed by atoms with van der Waals surface area (Å²) in [6.45, 7) is 5.07. The van der Waals surface area contributed by atoms with E-state index in [2.05, 4.69) is 22.2 Å². The van der Waals surface area contributed by atoms with Crippen molar-refractivity contribution < 1.29 is 14.3 Å². The van der Waals surface area contributed by atoms with Crippen LogP contribution in [0, 0.1) is 6.92 Å². The molecule has 4 aromatic rings. The van der Waals surface area contributed by atoms with Gasteiger partial charge in [0.1, 0.15) is 28.7 Å². The van der Waals surface area contributed by atoms with Crippen molar-refractivity contribution in [1.82, 2.24) is 24.3 Å². The molecule has 0 bridgehead atoms. The molecule has 4 heterocycles. The standard InChI is InChI=1S/C31H35N7O3/c1-4-7-21-12-13-33-25(19-21)35-31(40)22-10-11-23(20(2)18-22)27-28-29(32)34-14-16-38(28)30(36-27)24-8-5-15-37(24)26(39)9-6-17-41-3/h6,9-14,16,18-19,24H,4-5,7-8,15,17H2,1-3H3,(H2,32,34)(H,33,35,40)/b9-6+/t24-/m0/s1. The van der Waals surface area contributed by atoms with Crippen LogP contribution in [0.3, 0.4) is 0 Å². The quantitative estimate of drug-likeness (QED) is 0.286. The molecule has 0 unspecified atom stereocenters. The molecule has 5 rings (SSSR count). The van der Waals surface area contributed by atoms with E-state index in [4.69, 9.17) is 15.5 Å². The van der Waals surface area contributed by atoms with Crippen LogP contribution in [0.5, 0.6) is 0 Å². The van der Waals surface area contributed by atoms with Crippen molar-refractivity contribution in [1.29, 1.82) is 0 Å². The Kier molecular flexibility index (Phi) is 8.39. The molecule has 0 saturated carbocycles. The lowest BCUT2D eigenvalue weighted by Crippen LogP contribution is -2.30. The Balaban J connectivity index is 1.47. The molecule has 1 aliphatic heterocycles. The molecule has 0 aliphatic carbocycles. The van der Waals surface area contributed by atoms with E-state index >= 15 is 0 Å². The number of methoxy groups -OCH3 is 1. The highest BCUT2D eigenvalue weighted by Gasteiger charge is 2.33. The summed E-state index contributed by atoms with van der Waals surface area (Å²) in [4.78, 5) is 41.6. The minimum Gasteiger partial charge on any atom is -0.382 e. The summed E-state index contributed by atoms with van der Waals surface area (Å²) in [7, 11) is 1.59. The highest BCUT2D eigenvalue weighted by atomic mass is 16.5. The zero-order valence-corrected chi connectivity index (χ0v) is 23.6. The van der Waals surface area contributed by atoms with Gasteiger partial charge in [0.2, 0.25) is 5.91 Å². The highest BCUT2D eigenvalue weighted by molar-refractivity contribution is 6.04. The monoisotopic (exact) mass is 553 g/mol. The number of ether oxygens (including phenoxy) is 1. The third-order valence-electron chi connectivity index (χ3n) is 7.32. The van der Waals surface area contributed by atoms with Crippen molar-refractivity contribution in [3.63, 3.8) is 0 Å². The lowest BCUT2D eigenvalue weighted by atomic mass is 10.0. The minimum atomic E-state index is -0.237. The van der Waals surface area contributed by atoms with Crippen LogP contribution in [0.2, 0.25) is 0 Å². The number of fused-ring (bicyclic) bond motifs is 1.